The van der Waals surface area contributed by atoms with Crippen LogP contribution < -0.4 is 0 Å². The molecule has 5 nitrogen and oxygen atoms in total. The number of nitrogens with zero attached hydrogens (tertiary/aromatic N) is 2. The van der Waals surface area contributed by atoms with E-state index < -0.39 is 11.9 Å². The summed E-state index contributed by atoms with van der Waals surface area (Å²) in [6.07, 6.45) is 0. The standard InChI is InChI=1S/C15H18ClFN2O3/c1-10-15(21)18(5-6-22-2)9-14(20)19(10)8-11-3-4-12(16)13(17)7-11/h3-4,7,10H,5-6,8-9H2,1-2H3/t10-/m0/s1. The molecule has 0 spiro atoms. The van der Waals surface area contributed by atoms with Crippen LogP contribution in [-0.4, -0.2) is 54.5 Å². The molecule has 1 atom stereocenters. The van der Waals surface area contributed by atoms with Crippen LogP contribution >= 0.6 is 11.6 Å². The van der Waals surface area contributed by atoms with Crippen molar-refractivity contribution in [2.45, 2.75) is 19.5 Å². The number of benzene rings is 1. The molecule has 1 aliphatic heterocycles. The lowest BCUT2D eigenvalue weighted by Crippen LogP contribution is -2.58. The molecule has 1 aliphatic rings. The summed E-state index contributed by atoms with van der Waals surface area (Å²) in [7, 11) is 1.54. The van der Waals surface area contributed by atoms with E-state index in [4.69, 9.17) is 16.3 Å². The quantitative estimate of drug-likeness (QED) is 0.826. The van der Waals surface area contributed by atoms with Crippen LogP contribution in [0.3, 0.4) is 0 Å². The van der Waals surface area contributed by atoms with Gasteiger partial charge in [0.15, 0.2) is 0 Å². The van der Waals surface area contributed by atoms with Gasteiger partial charge >= 0.3 is 0 Å². The van der Waals surface area contributed by atoms with Crippen LogP contribution in [0.5, 0.6) is 0 Å². The van der Waals surface area contributed by atoms with Crippen molar-refractivity contribution in [2.24, 2.45) is 0 Å². The first-order valence-electron chi connectivity index (χ1n) is 6.95. The second kappa shape index (κ2) is 7.07. The Hall–Kier alpha value is -1.66. The number of methoxy groups -OCH3 is 1. The molecule has 1 fully saturated rings. The minimum absolute atomic E-state index is 0.0165. The molecule has 0 bridgehead atoms. The van der Waals surface area contributed by atoms with E-state index in [0.29, 0.717) is 18.7 Å². The van der Waals surface area contributed by atoms with Gasteiger partial charge in [-0.1, -0.05) is 17.7 Å². The lowest BCUT2D eigenvalue weighted by molar-refractivity contribution is -0.156. The summed E-state index contributed by atoms with van der Waals surface area (Å²) in [5.41, 5.74) is 0.597. The van der Waals surface area contributed by atoms with Crippen LogP contribution in [0.25, 0.3) is 0 Å². The van der Waals surface area contributed by atoms with Gasteiger partial charge in [-0.2, -0.15) is 0 Å². The third-order valence-electron chi connectivity index (χ3n) is 3.69. The van der Waals surface area contributed by atoms with Gasteiger partial charge < -0.3 is 14.5 Å². The fourth-order valence-corrected chi connectivity index (χ4v) is 2.51. The Labute approximate surface area is 133 Å². The molecule has 2 amide bonds. The van der Waals surface area contributed by atoms with E-state index in [2.05, 4.69) is 0 Å². The van der Waals surface area contributed by atoms with Gasteiger partial charge in [-0.25, -0.2) is 4.39 Å². The van der Waals surface area contributed by atoms with E-state index in [1.165, 1.54) is 21.9 Å². The largest absolute Gasteiger partial charge is 0.383 e. The third kappa shape index (κ3) is 3.56. The Bertz CT molecular complexity index is 582. The molecule has 0 radical (unpaired) electrons. The predicted molar refractivity (Wildman–Crippen MR) is 79.9 cm³/mol. The number of hydrogen-bond acceptors (Lipinski definition) is 3. The maximum Gasteiger partial charge on any atom is 0.245 e. The summed E-state index contributed by atoms with van der Waals surface area (Å²) in [5, 5.41) is 0.0311. The van der Waals surface area contributed by atoms with Crippen LogP contribution in [0.1, 0.15) is 12.5 Å². The van der Waals surface area contributed by atoms with Crippen LogP contribution in [0.4, 0.5) is 4.39 Å². The summed E-state index contributed by atoms with van der Waals surface area (Å²) in [5.74, 6) is -0.839. The second-order valence-corrected chi connectivity index (χ2v) is 5.61. The highest BCUT2D eigenvalue weighted by Crippen LogP contribution is 2.20. The minimum atomic E-state index is -0.586. The van der Waals surface area contributed by atoms with E-state index in [0.717, 1.165) is 0 Å². The molecule has 0 saturated carbocycles. The molecular weight excluding hydrogens is 311 g/mol. The molecule has 1 aromatic carbocycles. The molecule has 0 aromatic heterocycles. The predicted octanol–water partition coefficient (Wildman–Crippen LogP) is 1.68. The zero-order valence-electron chi connectivity index (χ0n) is 12.5. The van der Waals surface area contributed by atoms with Crippen molar-refractivity contribution in [3.8, 4) is 0 Å². The number of carbonyl (C=O) groups excluding carboxylic acids is 2. The van der Waals surface area contributed by atoms with Crippen molar-refractivity contribution in [1.29, 1.82) is 0 Å². The molecule has 1 saturated heterocycles. The Morgan fingerprint density at radius 1 is 1.41 bits per heavy atom. The summed E-state index contributed by atoms with van der Waals surface area (Å²) in [4.78, 5) is 27.5. The number of hydrogen-bond donors (Lipinski definition) is 0. The molecule has 0 N–H and O–H groups in total. The topological polar surface area (TPSA) is 49.9 Å². The smallest absolute Gasteiger partial charge is 0.245 e. The highest BCUT2D eigenvalue weighted by Gasteiger charge is 2.36. The highest BCUT2D eigenvalue weighted by atomic mass is 35.5. The fourth-order valence-electron chi connectivity index (χ4n) is 2.40. The van der Waals surface area contributed by atoms with Gasteiger partial charge in [0.25, 0.3) is 0 Å². The molecule has 22 heavy (non-hydrogen) atoms. The van der Waals surface area contributed by atoms with Gasteiger partial charge in [0, 0.05) is 20.2 Å². The average Bonchev–Trinajstić information content (AvgIpc) is 2.49. The number of rotatable bonds is 5. The number of halogens is 2. The van der Waals surface area contributed by atoms with Gasteiger partial charge in [-0.3, -0.25) is 9.59 Å². The minimum Gasteiger partial charge on any atom is -0.383 e. The third-order valence-corrected chi connectivity index (χ3v) is 3.99. The molecule has 1 aromatic rings. The van der Waals surface area contributed by atoms with Gasteiger partial charge in [0.05, 0.1) is 18.2 Å². The first kappa shape index (κ1) is 16.7. The van der Waals surface area contributed by atoms with Gasteiger partial charge in [0.1, 0.15) is 11.9 Å². The SMILES string of the molecule is COCCN1CC(=O)N(Cc2ccc(Cl)c(F)c2)[C@@H](C)C1=O. The van der Waals surface area contributed by atoms with Crippen molar-refractivity contribution in [3.63, 3.8) is 0 Å². The van der Waals surface area contributed by atoms with Crippen LogP contribution in [-0.2, 0) is 20.9 Å². The van der Waals surface area contributed by atoms with Crippen LogP contribution in [0.2, 0.25) is 5.02 Å². The lowest BCUT2D eigenvalue weighted by atomic mass is 10.1. The Kier molecular flexibility index (Phi) is 5.37. The molecule has 0 unspecified atom stereocenters. The van der Waals surface area contributed by atoms with Crippen molar-refractivity contribution in [3.05, 3.63) is 34.6 Å². The van der Waals surface area contributed by atoms with E-state index >= 15 is 0 Å². The average molecular weight is 329 g/mol. The number of ether oxygens (including phenoxy) is 1. The van der Waals surface area contributed by atoms with E-state index in [-0.39, 0.29) is 29.9 Å². The van der Waals surface area contributed by atoms with Crippen LogP contribution in [0.15, 0.2) is 18.2 Å². The first-order valence-corrected chi connectivity index (χ1v) is 7.33. The summed E-state index contributed by atoms with van der Waals surface area (Å²) >= 11 is 5.64. The molecule has 120 valence electrons. The Balaban J connectivity index is 2.10. The molecule has 0 aliphatic carbocycles. The van der Waals surface area contributed by atoms with Gasteiger partial charge in [0.2, 0.25) is 11.8 Å². The maximum absolute atomic E-state index is 13.5. The summed E-state index contributed by atoms with van der Waals surface area (Å²) in [6, 6.07) is 3.78. The molecular formula is C15H18ClFN2O3. The van der Waals surface area contributed by atoms with Gasteiger partial charge in [-0.15, -0.1) is 0 Å². The summed E-state index contributed by atoms with van der Waals surface area (Å²) in [6.45, 7) is 2.63. The van der Waals surface area contributed by atoms with Crippen molar-refractivity contribution in [2.75, 3.05) is 26.8 Å². The Morgan fingerprint density at radius 3 is 2.77 bits per heavy atom. The molecule has 1 heterocycles. The lowest BCUT2D eigenvalue weighted by Gasteiger charge is -2.38. The Morgan fingerprint density at radius 2 is 2.14 bits per heavy atom. The van der Waals surface area contributed by atoms with Crippen LogP contribution in [0, 0.1) is 5.82 Å². The molecule has 7 heteroatoms. The number of piperazine rings is 1. The van der Waals surface area contributed by atoms with Crippen molar-refractivity contribution < 1.29 is 18.7 Å². The zero-order valence-corrected chi connectivity index (χ0v) is 13.3. The normalized spacial score (nSPS) is 19.0. The zero-order chi connectivity index (χ0) is 16.3. The molecule has 2 rings (SSSR count). The maximum atomic E-state index is 13.5. The highest BCUT2D eigenvalue weighted by molar-refractivity contribution is 6.30. The van der Waals surface area contributed by atoms with E-state index in [1.807, 2.05) is 0 Å². The monoisotopic (exact) mass is 328 g/mol. The van der Waals surface area contributed by atoms with Gasteiger partial charge in [-0.05, 0) is 24.6 Å². The van der Waals surface area contributed by atoms with Crippen molar-refractivity contribution in [1.82, 2.24) is 9.80 Å². The van der Waals surface area contributed by atoms with E-state index in [1.54, 1.807) is 20.1 Å². The van der Waals surface area contributed by atoms with Crippen molar-refractivity contribution >= 4 is 23.4 Å². The first-order chi connectivity index (χ1) is 10.4. The number of amides is 2. The summed E-state index contributed by atoms with van der Waals surface area (Å²) < 4.78 is 18.4. The fraction of sp³-hybridized carbons (Fsp3) is 0.467. The number of carbonyl (C=O) groups is 2. The second-order valence-electron chi connectivity index (χ2n) is 5.20. The van der Waals surface area contributed by atoms with E-state index in [9.17, 15) is 14.0 Å².